The van der Waals surface area contributed by atoms with Crippen molar-refractivity contribution in [3.8, 4) is 11.5 Å². The number of hydrogen-bond donors (Lipinski definition) is 3. The fourth-order valence-corrected chi connectivity index (χ4v) is 3.91. The molecule has 0 aliphatic rings. The Morgan fingerprint density at radius 2 is 1.74 bits per heavy atom. The average molecular weight is 622 g/mol. The van der Waals surface area contributed by atoms with Crippen LogP contribution in [0.2, 0.25) is 10.0 Å². The summed E-state index contributed by atoms with van der Waals surface area (Å²) < 4.78 is 12.2. The summed E-state index contributed by atoms with van der Waals surface area (Å²) in [5, 5.41) is 9.32. The van der Waals surface area contributed by atoms with Crippen LogP contribution in [0.15, 0.2) is 64.2 Å². The number of benzene rings is 3. The predicted molar refractivity (Wildman–Crippen MR) is 151 cm³/mol. The number of hydrogen-bond acceptors (Lipinski definition) is 6. The van der Waals surface area contributed by atoms with Crippen molar-refractivity contribution in [1.29, 1.82) is 0 Å². The smallest absolute Gasteiger partial charge is 0.329 e. The summed E-state index contributed by atoms with van der Waals surface area (Å²) in [7, 11) is 0. The molecule has 0 saturated heterocycles. The van der Waals surface area contributed by atoms with Crippen molar-refractivity contribution in [2.24, 2.45) is 5.10 Å². The van der Waals surface area contributed by atoms with E-state index in [0.29, 0.717) is 29.4 Å². The van der Waals surface area contributed by atoms with Crippen LogP contribution >= 0.6 is 39.1 Å². The van der Waals surface area contributed by atoms with Gasteiger partial charge in [0, 0.05) is 10.2 Å². The molecular formula is C26H23BrCl2N4O5. The summed E-state index contributed by atoms with van der Waals surface area (Å²) in [4.78, 5) is 36.6. The lowest BCUT2D eigenvalue weighted by atomic mass is 10.2. The van der Waals surface area contributed by atoms with E-state index in [9.17, 15) is 14.4 Å². The normalized spacial score (nSPS) is 10.7. The van der Waals surface area contributed by atoms with Gasteiger partial charge in [0.25, 0.3) is 5.91 Å². The fraction of sp³-hybridized carbons (Fsp3) is 0.154. The Labute approximate surface area is 237 Å². The highest BCUT2D eigenvalue weighted by Crippen LogP contribution is 2.30. The van der Waals surface area contributed by atoms with Crippen LogP contribution in [0.4, 0.5) is 11.4 Å². The van der Waals surface area contributed by atoms with Crippen molar-refractivity contribution in [1.82, 2.24) is 5.43 Å². The summed E-state index contributed by atoms with van der Waals surface area (Å²) in [5.74, 6) is -1.57. The number of amides is 3. The molecule has 0 fully saturated rings. The molecule has 38 heavy (non-hydrogen) atoms. The molecule has 0 atom stereocenters. The molecule has 0 aliphatic heterocycles. The van der Waals surface area contributed by atoms with Gasteiger partial charge in [-0.25, -0.2) is 5.43 Å². The first-order valence-electron chi connectivity index (χ1n) is 11.2. The lowest BCUT2D eigenvalue weighted by molar-refractivity contribution is -0.136. The number of halogens is 3. The Morgan fingerprint density at radius 1 is 0.947 bits per heavy atom. The molecule has 0 unspecified atom stereocenters. The van der Waals surface area contributed by atoms with Crippen LogP contribution in [0.25, 0.3) is 0 Å². The Kier molecular flexibility index (Phi) is 10.5. The molecule has 0 spiro atoms. The van der Waals surface area contributed by atoms with Crippen LogP contribution in [0, 0.1) is 6.92 Å². The van der Waals surface area contributed by atoms with Crippen molar-refractivity contribution in [2.75, 3.05) is 23.8 Å². The van der Waals surface area contributed by atoms with Gasteiger partial charge in [0.2, 0.25) is 0 Å². The Morgan fingerprint density at radius 3 is 2.47 bits per heavy atom. The third-order valence-electron chi connectivity index (χ3n) is 4.87. The highest BCUT2D eigenvalue weighted by molar-refractivity contribution is 9.10. The molecule has 0 aromatic heterocycles. The van der Waals surface area contributed by atoms with Crippen LogP contribution in [-0.4, -0.2) is 37.1 Å². The van der Waals surface area contributed by atoms with Gasteiger partial charge < -0.3 is 20.1 Å². The van der Waals surface area contributed by atoms with E-state index in [4.69, 9.17) is 32.7 Å². The van der Waals surface area contributed by atoms with Crippen LogP contribution in [0.1, 0.15) is 18.1 Å². The van der Waals surface area contributed by atoms with Gasteiger partial charge in [0.05, 0.1) is 28.6 Å². The van der Waals surface area contributed by atoms with Gasteiger partial charge in [-0.15, -0.1) is 0 Å². The number of ether oxygens (including phenoxy) is 2. The van der Waals surface area contributed by atoms with Crippen molar-refractivity contribution < 1.29 is 23.9 Å². The lowest BCUT2D eigenvalue weighted by Crippen LogP contribution is -2.32. The van der Waals surface area contributed by atoms with Crippen molar-refractivity contribution in [3.05, 3.63) is 80.2 Å². The van der Waals surface area contributed by atoms with E-state index in [1.165, 1.54) is 12.3 Å². The molecule has 0 radical (unpaired) electrons. The molecule has 9 nitrogen and oxygen atoms in total. The zero-order chi connectivity index (χ0) is 27.7. The number of aryl methyl sites for hydroxylation is 1. The van der Waals surface area contributed by atoms with Crippen molar-refractivity contribution >= 4 is 74.4 Å². The molecule has 3 amide bonds. The third-order valence-corrected chi connectivity index (χ3v) is 6.19. The van der Waals surface area contributed by atoms with E-state index in [1.54, 1.807) is 43.3 Å². The van der Waals surface area contributed by atoms with Crippen molar-refractivity contribution in [2.45, 2.75) is 13.8 Å². The van der Waals surface area contributed by atoms with E-state index in [-0.39, 0.29) is 28.2 Å². The number of nitrogens with one attached hydrogen (secondary N) is 3. The van der Waals surface area contributed by atoms with Gasteiger partial charge in [0.1, 0.15) is 0 Å². The van der Waals surface area contributed by atoms with Crippen LogP contribution < -0.4 is 25.5 Å². The monoisotopic (exact) mass is 620 g/mol. The second-order valence-electron chi connectivity index (χ2n) is 7.69. The average Bonchev–Trinajstić information content (AvgIpc) is 2.88. The molecule has 12 heteroatoms. The molecule has 3 rings (SSSR count). The number of carbonyl (C=O) groups excluding carboxylic acids is 3. The second kappa shape index (κ2) is 13.8. The molecule has 0 aliphatic carbocycles. The minimum atomic E-state index is -1.01. The Hall–Kier alpha value is -3.60. The minimum absolute atomic E-state index is 0.116. The summed E-state index contributed by atoms with van der Waals surface area (Å²) in [6.45, 7) is 3.81. The molecule has 0 bridgehead atoms. The van der Waals surface area contributed by atoms with Gasteiger partial charge in [-0.05, 0) is 73.5 Å². The van der Waals surface area contributed by atoms with Gasteiger partial charge in [-0.1, -0.05) is 45.2 Å². The molecule has 0 heterocycles. The predicted octanol–water partition coefficient (Wildman–Crippen LogP) is 5.57. The fourth-order valence-electron chi connectivity index (χ4n) is 3.09. The van der Waals surface area contributed by atoms with Gasteiger partial charge in [-0.3, -0.25) is 14.4 Å². The van der Waals surface area contributed by atoms with E-state index < -0.39 is 11.8 Å². The van der Waals surface area contributed by atoms with Crippen LogP contribution in [-0.2, 0) is 14.4 Å². The Balaban J connectivity index is 1.58. The van der Waals surface area contributed by atoms with E-state index in [2.05, 4.69) is 37.1 Å². The number of nitrogens with zero attached hydrogens (tertiary/aromatic N) is 1. The Bertz CT molecular complexity index is 1380. The topological polar surface area (TPSA) is 118 Å². The van der Waals surface area contributed by atoms with Gasteiger partial charge in [-0.2, -0.15) is 5.10 Å². The van der Waals surface area contributed by atoms with E-state index in [1.807, 2.05) is 19.1 Å². The first kappa shape index (κ1) is 29.0. The summed E-state index contributed by atoms with van der Waals surface area (Å²) in [6, 6.07) is 15.1. The second-order valence-corrected chi connectivity index (χ2v) is 9.39. The number of hydrazone groups is 1. The van der Waals surface area contributed by atoms with Crippen LogP contribution in [0.3, 0.4) is 0 Å². The third kappa shape index (κ3) is 8.20. The number of anilines is 2. The quantitative estimate of drug-likeness (QED) is 0.164. The first-order valence-corrected chi connectivity index (χ1v) is 12.8. The molecule has 198 valence electrons. The highest BCUT2D eigenvalue weighted by atomic mass is 79.9. The number of rotatable bonds is 9. The van der Waals surface area contributed by atoms with Gasteiger partial charge in [0.15, 0.2) is 18.1 Å². The van der Waals surface area contributed by atoms with Crippen LogP contribution in [0.5, 0.6) is 11.5 Å². The lowest BCUT2D eigenvalue weighted by Gasteiger charge is -2.13. The SMILES string of the molecule is CCOc1cc(/C=N\NC(=O)C(=O)Nc2cccc(Cl)c2Cl)ccc1OCC(=O)Nc1ccc(Br)cc1C. The zero-order valence-corrected chi connectivity index (χ0v) is 23.4. The molecule has 0 saturated carbocycles. The van der Waals surface area contributed by atoms with Crippen molar-refractivity contribution in [3.63, 3.8) is 0 Å². The van der Waals surface area contributed by atoms with Gasteiger partial charge >= 0.3 is 11.8 Å². The van der Waals surface area contributed by atoms with E-state index >= 15 is 0 Å². The summed E-state index contributed by atoms with van der Waals surface area (Å²) in [6.07, 6.45) is 1.33. The summed E-state index contributed by atoms with van der Waals surface area (Å²) in [5.41, 5.74) is 4.47. The maximum Gasteiger partial charge on any atom is 0.329 e. The largest absolute Gasteiger partial charge is 0.490 e. The maximum absolute atomic E-state index is 12.4. The molecule has 3 aromatic rings. The maximum atomic E-state index is 12.4. The molecule has 3 N–H and O–H groups in total. The minimum Gasteiger partial charge on any atom is -0.490 e. The first-order chi connectivity index (χ1) is 18.2. The number of carbonyl (C=O) groups is 3. The molecule has 3 aromatic carbocycles. The van der Waals surface area contributed by atoms with E-state index in [0.717, 1.165) is 10.0 Å². The standard InChI is InChI=1S/C26H23BrCl2N4O5/c1-3-37-22-12-16(13-30-33-26(36)25(35)32-20-6-4-5-18(28)24(20)29)7-10-21(22)38-14-23(34)31-19-9-8-17(27)11-15(19)2/h4-13H,3,14H2,1-2H3,(H,31,34)(H,32,35)(H,33,36)/b30-13-. The zero-order valence-electron chi connectivity index (χ0n) is 20.3. The highest BCUT2D eigenvalue weighted by Gasteiger charge is 2.16. The summed E-state index contributed by atoms with van der Waals surface area (Å²) >= 11 is 15.3. The molecular weight excluding hydrogens is 599 g/mol.